The van der Waals surface area contributed by atoms with Crippen molar-refractivity contribution in [3.05, 3.63) is 65.2 Å². The Morgan fingerprint density at radius 1 is 0.962 bits per heavy atom. The van der Waals surface area contributed by atoms with Gasteiger partial charge in [-0.1, -0.05) is 42.5 Å². The fourth-order valence-corrected chi connectivity index (χ4v) is 2.44. The van der Waals surface area contributed by atoms with Gasteiger partial charge in [0, 0.05) is 12.1 Å². The second-order valence-corrected chi connectivity index (χ2v) is 7.56. The zero-order valence-corrected chi connectivity index (χ0v) is 17.4. The van der Waals surface area contributed by atoms with Crippen LogP contribution in [0.2, 0.25) is 0 Å². The fourth-order valence-electron chi connectivity index (χ4n) is 2.44. The van der Waals surface area contributed by atoms with Gasteiger partial charge in [0.25, 0.3) is 0 Å². The van der Waals surface area contributed by atoms with Gasteiger partial charge in [-0.2, -0.15) is 0 Å². The summed E-state index contributed by atoms with van der Waals surface area (Å²) in [6, 6.07) is 16.4. The number of benzene rings is 2. The summed E-state index contributed by atoms with van der Waals surface area (Å²) in [4.78, 5) is 0. The van der Waals surface area contributed by atoms with Crippen LogP contribution >= 0.6 is 12.4 Å². The number of hydrogen-bond donors (Lipinski definition) is 1. The summed E-state index contributed by atoms with van der Waals surface area (Å²) in [6.45, 7) is 12.5. The average molecular weight is 378 g/mol. The average Bonchev–Trinajstić information content (AvgIpc) is 2.57. The first-order valence-corrected chi connectivity index (χ1v) is 8.95. The molecule has 0 bridgehead atoms. The quantitative estimate of drug-likeness (QED) is 0.696. The fraction of sp³-hybridized carbons (Fsp3) is 0.455. The Labute approximate surface area is 164 Å². The summed E-state index contributed by atoms with van der Waals surface area (Å²) in [6.07, 6.45) is -0.0145. The van der Waals surface area contributed by atoms with Gasteiger partial charge in [0.2, 0.25) is 0 Å². The molecular formula is C22H32ClNO2. The molecule has 2 aromatic rings. The Bertz CT molecular complexity index is 653. The predicted octanol–water partition coefficient (Wildman–Crippen LogP) is 5.08. The lowest BCUT2D eigenvalue weighted by Gasteiger charge is -2.26. The van der Waals surface area contributed by atoms with E-state index in [1.165, 1.54) is 16.7 Å². The van der Waals surface area contributed by atoms with Crippen molar-refractivity contribution in [2.75, 3.05) is 13.2 Å². The second-order valence-electron chi connectivity index (χ2n) is 7.56. The van der Waals surface area contributed by atoms with Crippen LogP contribution in [0.1, 0.15) is 37.5 Å². The molecule has 0 heterocycles. The van der Waals surface area contributed by atoms with E-state index in [0.717, 1.165) is 12.3 Å². The Morgan fingerprint density at radius 2 is 1.65 bits per heavy atom. The van der Waals surface area contributed by atoms with Crippen LogP contribution in [0.5, 0.6) is 5.75 Å². The molecule has 3 nitrogen and oxygen atoms in total. The minimum absolute atomic E-state index is 0. The van der Waals surface area contributed by atoms with E-state index in [-0.39, 0.29) is 24.0 Å². The zero-order valence-electron chi connectivity index (χ0n) is 16.5. The first-order valence-electron chi connectivity index (χ1n) is 8.95. The molecule has 0 saturated heterocycles. The third-order valence-corrected chi connectivity index (χ3v) is 4.17. The molecule has 0 aliphatic carbocycles. The van der Waals surface area contributed by atoms with E-state index in [1.54, 1.807) is 0 Å². The van der Waals surface area contributed by atoms with Crippen LogP contribution in [0.4, 0.5) is 0 Å². The molecule has 0 spiro atoms. The maximum atomic E-state index is 6.13. The topological polar surface area (TPSA) is 30.5 Å². The Hall–Kier alpha value is -1.55. The normalized spacial score (nSPS) is 12.3. The van der Waals surface area contributed by atoms with Gasteiger partial charge in [0.05, 0.1) is 6.61 Å². The Balaban J connectivity index is 0.00000338. The lowest BCUT2D eigenvalue weighted by molar-refractivity contribution is 0.00687. The first kappa shape index (κ1) is 22.5. The van der Waals surface area contributed by atoms with E-state index in [4.69, 9.17) is 9.47 Å². The van der Waals surface area contributed by atoms with Crippen LogP contribution in [0.25, 0.3) is 0 Å². The molecule has 0 saturated carbocycles. The minimum atomic E-state index is -0.0145. The van der Waals surface area contributed by atoms with Gasteiger partial charge in [-0.3, -0.25) is 0 Å². The van der Waals surface area contributed by atoms with Crippen LogP contribution in [-0.2, 0) is 11.3 Å². The third kappa shape index (κ3) is 7.77. The molecule has 0 amide bonds. The van der Waals surface area contributed by atoms with Crippen molar-refractivity contribution in [1.29, 1.82) is 0 Å². The highest BCUT2D eigenvalue weighted by Gasteiger charge is 2.16. The maximum Gasteiger partial charge on any atom is 0.122 e. The van der Waals surface area contributed by atoms with Gasteiger partial charge in [-0.25, -0.2) is 0 Å². The van der Waals surface area contributed by atoms with Crippen LogP contribution in [0, 0.1) is 13.8 Å². The summed E-state index contributed by atoms with van der Waals surface area (Å²) >= 11 is 0. The molecule has 4 heteroatoms. The summed E-state index contributed by atoms with van der Waals surface area (Å²) in [5, 5.41) is 3.52. The highest BCUT2D eigenvalue weighted by atomic mass is 35.5. The monoisotopic (exact) mass is 377 g/mol. The summed E-state index contributed by atoms with van der Waals surface area (Å²) in [5.41, 5.74) is 3.66. The minimum Gasteiger partial charge on any atom is -0.491 e. The van der Waals surface area contributed by atoms with Crippen molar-refractivity contribution in [1.82, 2.24) is 5.32 Å². The number of nitrogens with one attached hydrogen (secondary N) is 1. The van der Waals surface area contributed by atoms with Gasteiger partial charge in [0.15, 0.2) is 0 Å². The largest absolute Gasteiger partial charge is 0.491 e. The Kier molecular flexibility index (Phi) is 9.14. The van der Waals surface area contributed by atoms with Gasteiger partial charge in [-0.15, -0.1) is 12.4 Å². The molecular weight excluding hydrogens is 346 g/mol. The molecule has 2 aromatic carbocycles. The molecule has 144 valence electrons. The summed E-state index contributed by atoms with van der Waals surface area (Å²) in [5.74, 6) is 0.934. The number of hydrogen-bond acceptors (Lipinski definition) is 3. The molecule has 0 radical (unpaired) electrons. The molecule has 1 unspecified atom stereocenters. The van der Waals surface area contributed by atoms with E-state index >= 15 is 0 Å². The number of aryl methyl sites for hydroxylation is 1. The van der Waals surface area contributed by atoms with Crippen LogP contribution in [0.15, 0.2) is 48.5 Å². The Morgan fingerprint density at radius 3 is 2.31 bits per heavy atom. The van der Waals surface area contributed by atoms with Crippen LogP contribution < -0.4 is 10.1 Å². The lowest BCUT2D eigenvalue weighted by atomic mass is 10.1. The van der Waals surface area contributed by atoms with Gasteiger partial charge < -0.3 is 14.8 Å². The number of halogens is 1. The third-order valence-electron chi connectivity index (χ3n) is 4.17. The maximum absolute atomic E-state index is 6.13. The highest BCUT2D eigenvalue weighted by molar-refractivity contribution is 5.85. The molecule has 0 fully saturated rings. The summed E-state index contributed by atoms with van der Waals surface area (Å²) in [7, 11) is 0. The molecule has 26 heavy (non-hydrogen) atoms. The standard InChI is InChI=1S/C22H31NO2.ClH/c1-17-10-9-13-21(18(17)2)25-16-20(14-23-22(3,4)5)24-15-19-11-7-6-8-12-19;/h6-13,20,23H,14-16H2,1-5H3;1H. The predicted molar refractivity (Wildman–Crippen MR) is 111 cm³/mol. The lowest BCUT2D eigenvalue weighted by Crippen LogP contribution is -2.43. The van der Waals surface area contributed by atoms with Crippen molar-refractivity contribution < 1.29 is 9.47 Å². The zero-order chi connectivity index (χ0) is 18.3. The van der Waals surface area contributed by atoms with Gasteiger partial charge in [0.1, 0.15) is 18.5 Å². The molecule has 0 aliphatic rings. The van der Waals surface area contributed by atoms with Crippen LogP contribution in [-0.4, -0.2) is 24.8 Å². The highest BCUT2D eigenvalue weighted by Crippen LogP contribution is 2.21. The SMILES string of the molecule is Cc1cccc(OCC(CNC(C)(C)C)OCc2ccccc2)c1C.Cl. The van der Waals surface area contributed by atoms with E-state index in [1.807, 2.05) is 30.3 Å². The number of rotatable bonds is 8. The van der Waals surface area contributed by atoms with E-state index < -0.39 is 0 Å². The van der Waals surface area contributed by atoms with Crippen molar-refractivity contribution in [3.8, 4) is 5.75 Å². The molecule has 0 aromatic heterocycles. The van der Waals surface area contributed by atoms with E-state index in [2.05, 4.69) is 58.1 Å². The molecule has 2 rings (SSSR count). The smallest absolute Gasteiger partial charge is 0.122 e. The van der Waals surface area contributed by atoms with E-state index in [0.29, 0.717) is 13.2 Å². The van der Waals surface area contributed by atoms with Crippen LogP contribution in [0.3, 0.4) is 0 Å². The van der Waals surface area contributed by atoms with Gasteiger partial charge in [-0.05, 0) is 57.4 Å². The van der Waals surface area contributed by atoms with Crippen molar-refractivity contribution in [2.24, 2.45) is 0 Å². The molecule has 1 atom stereocenters. The van der Waals surface area contributed by atoms with Gasteiger partial charge >= 0.3 is 0 Å². The number of ether oxygens (including phenoxy) is 2. The summed E-state index contributed by atoms with van der Waals surface area (Å²) < 4.78 is 12.2. The molecule has 1 N–H and O–H groups in total. The van der Waals surface area contributed by atoms with Crippen molar-refractivity contribution in [3.63, 3.8) is 0 Å². The first-order chi connectivity index (χ1) is 11.8. The van der Waals surface area contributed by atoms with Crippen molar-refractivity contribution in [2.45, 2.75) is 52.9 Å². The molecule has 0 aliphatic heterocycles. The van der Waals surface area contributed by atoms with E-state index in [9.17, 15) is 0 Å². The van der Waals surface area contributed by atoms with Crippen molar-refractivity contribution >= 4 is 12.4 Å². The second kappa shape index (κ2) is 10.6.